The lowest BCUT2D eigenvalue weighted by atomic mass is 10.2. The number of amides is 1. The van der Waals surface area contributed by atoms with Gasteiger partial charge in [0.2, 0.25) is 0 Å². The molecule has 0 radical (unpaired) electrons. The Morgan fingerprint density at radius 2 is 1.92 bits per heavy atom. The lowest BCUT2D eigenvalue weighted by Gasteiger charge is -2.25. The Labute approximate surface area is 212 Å². The van der Waals surface area contributed by atoms with Crippen LogP contribution in [0.4, 0.5) is 16.3 Å². The van der Waals surface area contributed by atoms with Crippen molar-refractivity contribution >= 4 is 17.6 Å². The normalized spacial score (nSPS) is 12.4. The van der Waals surface area contributed by atoms with Crippen LogP contribution in [0.5, 0.6) is 17.2 Å². The summed E-state index contributed by atoms with van der Waals surface area (Å²) in [5, 5.41) is 24.0. The van der Waals surface area contributed by atoms with Crippen LogP contribution < -0.4 is 25.8 Å². The van der Waals surface area contributed by atoms with Crippen LogP contribution in [0, 0.1) is 0 Å². The molecule has 0 saturated heterocycles. The summed E-state index contributed by atoms with van der Waals surface area (Å²) in [5.74, 6) is 1.36. The van der Waals surface area contributed by atoms with Gasteiger partial charge in [-0.3, -0.25) is 4.57 Å². The number of para-hydroxylation sites is 1. The highest BCUT2D eigenvalue weighted by Gasteiger charge is 2.24. The molecule has 1 aliphatic heterocycles. The highest BCUT2D eigenvalue weighted by molar-refractivity contribution is 5.77. The maximum atomic E-state index is 12.6. The van der Waals surface area contributed by atoms with Crippen LogP contribution in [0.2, 0.25) is 0 Å². The fourth-order valence-corrected chi connectivity index (χ4v) is 3.59. The molecule has 4 rings (SSSR count). The second-order valence-corrected chi connectivity index (χ2v) is 7.90. The van der Waals surface area contributed by atoms with Gasteiger partial charge >= 0.3 is 11.8 Å². The van der Waals surface area contributed by atoms with Crippen molar-refractivity contribution < 1.29 is 34.0 Å². The van der Waals surface area contributed by atoms with E-state index in [2.05, 4.69) is 15.6 Å². The summed E-state index contributed by atoms with van der Waals surface area (Å²) in [6, 6.07) is 14.5. The molecule has 37 heavy (non-hydrogen) atoms. The zero-order valence-corrected chi connectivity index (χ0v) is 20.0. The van der Waals surface area contributed by atoms with E-state index in [0.29, 0.717) is 17.2 Å². The highest BCUT2D eigenvalue weighted by Crippen LogP contribution is 2.45. The van der Waals surface area contributed by atoms with Crippen LogP contribution in [0.3, 0.4) is 0 Å². The Bertz CT molecular complexity index is 1250. The Morgan fingerprint density at radius 3 is 2.70 bits per heavy atom. The number of aliphatic hydroxyl groups excluding tert-OH is 2. The third-order valence-electron chi connectivity index (χ3n) is 5.30. The molecule has 0 bridgehead atoms. The van der Waals surface area contributed by atoms with Gasteiger partial charge in [0.15, 0.2) is 17.3 Å². The summed E-state index contributed by atoms with van der Waals surface area (Å²) >= 11 is 0. The second-order valence-electron chi connectivity index (χ2n) is 7.90. The van der Waals surface area contributed by atoms with E-state index >= 15 is 0 Å². The minimum Gasteiger partial charge on any atom is -0.489 e. The number of benzene rings is 2. The van der Waals surface area contributed by atoms with Gasteiger partial charge in [0.05, 0.1) is 26.0 Å². The van der Waals surface area contributed by atoms with Gasteiger partial charge in [-0.1, -0.05) is 36.4 Å². The molecule has 1 amide bonds. The molecular weight excluding hydrogens is 484 g/mol. The fourth-order valence-electron chi connectivity index (χ4n) is 3.59. The number of nitrogens with one attached hydrogen (secondary N) is 2. The zero-order valence-electron chi connectivity index (χ0n) is 20.0. The number of nitrogens with zero attached hydrogens (tertiary/aromatic N) is 2. The number of carbonyl (C=O) groups is 1. The molecule has 3 aromatic rings. The van der Waals surface area contributed by atoms with Crippen LogP contribution >= 0.6 is 0 Å². The molecule has 0 spiro atoms. The Balaban J connectivity index is 1.36. The largest absolute Gasteiger partial charge is 0.489 e. The number of hydrogen-bond donors (Lipinski definition) is 4. The fraction of sp³-hybridized carbons (Fsp3) is 0.320. The number of hydrogen-bond acceptors (Lipinski definition) is 10. The number of alkyl carbamates (subject to hydrolysis) is 1. The number of aromatic nitrogens is 2. The summed E-state index contributed by atoms with van der Waals surface area (Å²) in [7, 11) is 0. The molecule has 0 unspecified atom stereocenters. The first kappa shape index (κ1) is 25.9. The van der Waals surface area contributed by atoms with Gasteiger partial charge in [-0.15, -0.1) is 0 Å². The first-order valence-corrected chi connectivity index (χ1v) is 11.7. The van der Waals surface area contributed by atoms with Crippen molar-refractivity contribution in [2.75, 3.05) is 38.3 Å². The number of ether oxygens (including phenoxy) is 4. The predicted molar refractivity (Wildman–Crippen MR) is 132 cm³/mol. The summed E-state index contributed by atoms with van der Waals surface area (Å²) in [5.41, 5.74) is 0.749. The number of carbonyl (C=O) groups excluding carboxylic acids is 1. The molecule has 12 nitrogen and oxygen atoms in total. The molecule has 1 aliphatic rings. The van der Waals surface area contributed by atoms with E-state index in [1.54, 1.807) is 18.2 Å². The molecule has 4 N–H and O–H groups in total. The summed E-state index contributed by atoms with van der Waals surface area (Å²) < 4.78 is 23.6. The third-order valence-corrected chi connectivity index (χ3v) is 5.30. The first-order chi connectivity index (χ1) is 18.1. The Kier molecular flexibility index (Phi) is 8.92. The van der Waals surface area contributed by atoms with Crippen molar-refractivity contribution in [1.82, 2.24) is 14.9 Å². The van der Waals surface area contributed by atoms with Crippen LogP contribution in [0.25, 0.3) is 0 Å². The summed E-state index contributed by atoms with van der Waals surface area (Å²) in [6.45, 7) is 0.0820. The molecule has 12 heteroatoms. The monoisotopic (exact) mass is 512 g/mol. The van der Waals surface area contributed by atoms with E-state index < -0.39 is 18.0 Å². The lowest BCUT2D eigenvalue weighted by Crippen LogP contribution is -2.31. The smallest absolute Gasteiger partial charge is 0.407 e. The van der Waals surface area contributed by atoms with Gasteiger partial charge in [-0.25, -0.2) is 9.59 Å². The maximum Gasteiger partial charge on any atom is 0.407 e. The molecule has 0 saturated carbocycles. The predicted octanol–water partition coefficient (Wildman–Crippen LogP) is 2.29. The van der Waals surface area contributed by atoms with Crippen molar-refractivity contribution in [3.63, 3.8) is 0 Å². The van der Waals surface area contributed by atoms with Crippen molar-refractivity contribution in [2.45, 2.75) is 19.3 Å². The minimum absolute atomic E-state index is 0.00354. The lowest BCUT2D eigenvalue weighted by molar-refractivity contribution is -0.0309. The third kappa shape index (κ3) is 6.76. The molecule has 1 aromatic heterocycles. The molecule has 2 heterocycles. The van der Waals surface area contributed by atoms with E-state index in [1.807, 2.05) is 30.3 Å². The van der Waals surface area contributed by atoms with Crippen LogP contribution in [-0.4, -0.2) is 58.8 Å². The average molecular weight is 513 g/mol. The Hall–Kier alpha value is -4.13. The topological polar surface area (TPSA) is 153 Å². The minimum atomic E-state index is -0.811. The SMILES string of the molecule is O=C(NCCOc1cccc2c1Nc1nc(=O)n([C@@H](CCO)OCCO)cc1O2)OCc1ccccc1. The molecule has 196 valence electrons. The van der Waals surface area contributed by atoms with Crippen LogP contribution in [-0.2, 0) is 16.1 Å². The van der Waals surface area contributed by atoms with Crippen molar-refractivity contribution in [1.29, 1.82) is 0 Å². The van der Waals surface area contributed by atoms with E-state index in [9.17, 15) is 14.7 Å². The number of fused-ring (bicyclic) bond motifs is 2. The standard InChI is InChI=1S/C25H28N4O8/c30-11-9-21(35-14-12-31)29-15-20-23(28-24(29)32)27-22-18(7-4-8-19(22)37-20)34-13-10-26-25(33)36-16-17-5-2-1-3-6-17/h1-8,15,21,30-31H,9-14,16H2,(H,26,33)(H,27,28,32)/t21-/m1/s1. The molecule has 1 atom stereocenters. The van der Waals surface area contributed by atoms with Crippen molar-refractivity contribution in [3.05, 3.63) is 70.8 Å². The molecular formula is C25H28N4O8. The highest BCUT2D eigenvalue weighted by atomic mass is 16.5. The summed E-state index contributed by atoms with van der Waals surface area (Å²) in [6.07, 6.45) is 0.211. The maximum absolute atomic E-state index is 12.6. The molecule has 2 aromatic carbocycles. The van der Waals surface area contributed by atoms with E-state index in [1.165, 1.54) is 10.8 Å². The van der Waals surface area contributed by atoms with Gasteiger partial charge in [-0.05, 0) is 17.7 Å². The van der Waals surface area contributed by atoms with Gasteiger partial charge in [-0.2, -0.15) is 4.98 Å². The summed E-state index contributed by atoms with van der Waals surface area (Å²) in [4.78, 5) is 28.6. The van der Waals surface area contributed by atoms with Crippen LogP contribution in [0.1, 0.15) is 18.2 Å². The second kappa shape index (κ2) is 12.7. The average Bonchev–Trinajstić information content (AvgIpc) is 2.91. The van der Waals surface area contributed by atoms with Gasteiger partial charge in [0, 0.05) is 13.0 Å². The van der Waals surface area contributed by atoms with Gasteiger partial charge in [0.25, 0.3) is 0 Å². The number of anilines is 2. The quantitative estimate of drug-likeness (QED) is 0.208. The number of rotatable bonds is 12. The molecule has 0 aliphatic carbocycles. The van der Waals surface area contributed by atoms with Crippen LogP contribution in [0.15, 0.2) is 59.5 Å². The Morgan fingerprint density at radius 1 is 1.08 bits per heavy atom. The molecule has 0 fully saturated rings. The van der Waals surface area contributed by atoms with E-state index in [0.717, 1.165) is 5.56 Å². The van der Waals surface area contributed by atoms with Crippen molar-refractivity contribution in [3.8, 4) is 17.2 Å². The van der Waals surface area contributed by atoms with Gasteiger partial charge in [0.1, 0.15) is 30.9 Å². The van der Waals surface area contributed by atoms with E-state index in [4.69, 9.17) is 24.1 Å². The van der Waals surface area contributed by atoms with E-state index in [-0.39, 0.29) is 57.6 Å². The first-order valence-electron chi connectivity index (χ1n) is 11.7. The van der Waals surface area contributed by atoms with Crippen molar-refractivity contribution in [2.24, 2.45) is 0 Å². The van der Waals surface area contributed by atoms with Gasteiger partial charge < -0.3 is 39.8 Å². The zero-order chi connectivity index (χ0) is 26.0. The number of aliphatic hydroxyl groups is 2.